The van der Waals surface area contributed by atoms with E-state index in [1.54, 1.807) is 14.2 Å². The molecule has 2 aromatic carbocycles. The molecule has 0 radical (unpaired) electrons. The highest BCUT2D eigenvalue weighted by molar-refractivity contribution is 6.15. The number of ether oxygens (including phenoxy) is 4. The molecule has 0 N–H and O–H groups in total. The van der Waals surface area contributed by atoms with Crippen molar-refractivity contribution in [2.75, 3.05) is 66.7 Å². The number of ketones is 1. The first-order valence-corrected chi connectivity index (χ1v) is 16.6. The van der Waals surface area contributed by atoms with E-state index in [9.17, 15) is 4.79 Å². The van der Waals surface area contributed by atoms with Crippen molar-refractivity contribution in [1.82, 2.24) is 9.80 Å². The smallest absolute Gasteiger partial charge is 0.185 e. The van der Waals surface area contributed by atoms with E-state index in [4.69, 9.17) is 18.9 Å². The number of Topliss-reactive ketones (excluding diaryl/α,β-unsaturated/α-hetero) is 1. The molecule has 0 amide bonds. The molecule has 0 aromatic heterocycles. The molecule has 0 bridgehead atoms. The molecule has 238 valence electrons. The van der Waals surface area contributed by atoms with E-state index >= 15 is 0 Å². The second kappa shape index (κ2) is 16.7. The van der Waals surface area contributed by atoms with Crippen molar-refractivity contribution in [3.63, 3.8) is 0 Å². The Kier molecular flexibility index (Phi) is 12.2. The topological polar surface area (TPSA) is 60.5 Å². The molecule has 7 nitrogen and oxygen atoms in total. The maximum atomic E-state index is 13.3. The van der Waals surface area contributed by atoms with Crippen LogP contribution in [0.2, 0.25) is 0 Å². The van der Waals surface area contributed by atoms with Gasteiger partial charge in [0.05, 0.1) is 27.4 Å². The zero-order valence-corrected chi connectivity index (χ0v) is 26.8. The van der Waals surface area contributed by atoms with Gasteiger partial charge in [-0.3, -0.25) is 4.79 Å². The summed E-state index contributed by atoms with van der Waals surface area (Å²) in [5.74, 6) is 2.97. The van der Waals surface area contributed by atoms with E-state index in [1.807, 2.05) is 48.6 Å². The van der Waals surface area contributed by atoms with Gasteiger partial charge in [0.2, 0.25) is 0 Å². The molecule has 1 aliphatic carbocycles. The Balaban J connectivity index is 1.14. The van der Waals surface area contributed by atoms with Crippen molar-refractivity contribution in [3.05, 3.63) is 58.7 Å². The number of allylic oxidation sites excluding steroid dienone is 2. The summed E-state index contributed by atoms with van der Waals surface area (Å²) >= 11 is 0. The van der Waals surface area contributed by atoms with Crippen molar-refractivity contribution < 1.29 is 23.7 Å². The molecular weight excluding hydrogens is 552 g/mol. The number of hydrogen-bond acceptors (Lipinski definition) is 7. The van der Waals surface area contributed by atoms with Crippen LogP contribution < -0.4 is 18.9 Å². The van der Waals surface area contributed by atoms with Crippen LogP contribution in [0.1, 0.15) is 75.3 Å². The number of carbonyl (C=O) groups excluding carboxylic acids is 1. The minimum absolute atomic E-state index is 0.0963. The van der Waals surface area contributed by atoms with Gasteiger partial charge in [0.25, 0.3) is 0 Å². The van der Waals surface area contributed by atoms with Crippen LogP contribution in [-0.2, 0) is 4.79 Å². The second-order valence-corrected chi connectivity index (χ2v) is 12.2. The van der Waals surface area contributed by atoms with Crippen molar-refractivity contribution in [3.8, 4) is 23.0 Å². The first-order valence-electron chi connectivity index (χ1n) is 16.6. The maximum absolute atomic E-state index is 13.3. The van der Waals surface area contributed by atoms with Crippen LogP contribution in [-0.4, -0.2) is 82.3 Å². The molecule has 44 heavy (non-hydrogen) atoms. The summed E-state index contributed by atoms with van der Waals surface area (Å²) < 4.78 is 23.4. The summed E-state index contributed by atoms with van der Waals surface area (Å²) in [6.07, 6.45) is 15.3. The van der Waals surface area contributed by atoms with Crippen LogP contribution in [0.3, 0.4) is 0 Å². The predicted molar refractivity (Wildman–Crippen MR) is 177 cm³/mol. The molecule has 5 rings (SSSR count). The van der Waals surface area contributed by atoms with E-state index in [-0.39, 0.29) is 5.78 Å². The Morgan fingerprint density at radius 2 is 1.05 bits per heavy atom. The molecule has 2 saturated heterocycles. The highest BCUT2D eigenvalue weighted by Gasteiger charge is 2.23. The molecule has 3 aliphatic rings. The van der Waals surface area contributed by atoms with Crippen molar-refractivity contribution in [2.45, 2.75) is 64.2 Å². The molecule has 2 heterocycles. The second-order valence-electron chi connectivity index (χ2n) is 12.2. The molecule has 0 spiro atoms. The standard InChI is InChI=1S/C37H50N2O5/c1-41-35-27-29(11-15-33(35)43-23-9-21-38-17-5-3-6-18-38)25-31-13-14-32(37(31)40)26-30-12-16-34(36(28-30)42-2)44-24-10-22-39-19-7-4-8-20-39/h11-12,15-16,25-28H,3-10,13-14,17-24H2,1-2H3/b31-25+,32-26+. The summed E-state index contributed by atoms with van der Waals surface area (Å²) in [4.78, 5) is 18.4. The summed E-state index contributed by atoms with van der Waals surface area (Å²) in [6, 6.07) is 11.8. The quantitative estimate of drug-likeness (QED) is 0.170. The normalized spacial score (nSPS) is 19.9. The Morgan fingerprint density at radius 1 is 0.614 bits per heavy atom. The average Bonchev–Trinajstić information content (AvgIpc) is 3.40. The zero-order chi connectivity index (χ0) is 30.6. The van der Waals surface area contributed by atoms with Crippen molar-refractivity contribution in [1.29, 1.82) is 0 Å². The van der Waals surface area contributed by atoms with E-state index in [2.05, 4.69) is 9.80 Å². The zero-order valence-electron chi connectivity index (χ0n) is 26.8. The van der Waals surface area contributed by atoms with E-state index in [1.165, 1.54) is 64.7 Å². The molecule has 1 saturated carbocycles. The fraction of sp³-hybridized carbons (Fsp3) is 0.541. The van der Waals surface area contributed by atoms with E-state index < -0.39 is 0 Å². The third kappa shape index (κ3) is 9.12. The van der Waals surface area contributed by atoms with Gasteiger partial charge in [0, 0.05) is 24.2 Å². The number of hydrogen-bond donors (Lipinski definition) is 0. The SMILES string of the molecule is COc1cc(/C=C2\CC/C(=C\c3ccc(OCCCN4CCCCC4)c(OC)c3)C2=O)ccc1OCCCN1CCCCC1. The number of carbonyl (C=O) groups is 1. The molecule has 2 aromatic rings. The lowest BCUT2D eigenvalue weighted by Crippen LogP contribution is -2.31. The Bertz CT molecular complexity index is 1190. The lowest BCUT2D eigenvalue weighted by Gasteiger charge is -2.26. The predicted octanol–water partition coefficient (Wildman–Crippen LogP) is 7.04. The maximum Gasteiger partial charge on any atom is 0.185 e. The Morgan fingerprint density at radius 3 is 1.45 bits per heavy atom. The van der Waals surface area contributed by atoms with Gasteiger partial charge in [0.15, 0.2) is 28.8 Å². The van der Waals surface area contributed by atoms with Gasteiger partial charge < -0.3 is 28.7 Å². The summed E-state index contributed by atoms with van der Waals surface area (Å²) in [7, 11) is 3.32. The fourth-order valence-corrected chi connectivity index (χ4v) is 6.47. The minimum Gasteiger partial charge on any atom is -0.493 e. The monoisotopic (exact) mass is 602 g/mol. The third-order valence-electron chi connectivity index (χ3n) is 8.95. The van der Waals surface area contributed by atoms with Crippen molar-refractivity contribution >= 4 is 17.9 Å². The molecule has 0 unspecified atom stereocenters. The van der Waals surface area contributed by atoms with Crippen molar-refractivity contribution in [2.24, 2.45) is 0 Å². The first-order chi connectivity index (χ1) is 21.6. The third-order valence-corrected chi connectivity index (χ3v) is 8.95. The molecule has 0 atom stereocenters. The van der Waals surface area contributed by atoms with Gasteiger partial charge in [-0.05, 0) is 125 Å². The molecular formula is C37H50N2O5. The number of nitrogens with zero attached hydrogens (tertiary/aromatic N) is 2. The molecule has 2 aliphatic heterocycles. The van der Waals surface area contributed by atoms with Crippen LogP contribution in [0.4, 0.5) is 0 Å². The van der Waals surface area contributed by atoms with E-state index in [0.29, 0.717) is 24.7 Å². The molecule has 7 heteroatoms. The van der Waals surface area contributed by atoms with Crippen LogP contribution in [0.5, 0.6) is 23.0 Å². The summed E-state index contributed by atoms with van der Waals surface area (Å²) in [5, 5.41) is 0. The average molecular weight is 603 g/mol. The Hall–Kier alpha value is -3.29. The van der Waals surface area contributed by atoms with Gasteiger partial charge in [0.1, 0.15) is 0 Å². The Labute approximate surface area is 263 Å². The van der Waals surface area contributed by atoms with Gasteiger partial charge in [-0.25, -0.2) is 0 Å². The van der Waals surface area contributed by atoms with Gasteiger partial charge in [-0.2, -0.15) is 0 Å². The van der Waals surface area contributed by atoms with E-state index in [0.717, 1.165) is 72.5 Å². The lowest BCUT2D eigenvalue weighted by atomic mass is 10.1. The van der Waals surface area contributed by atoms with Gasteiger partial charge in [-0.15, -0.1) is 0 Å². The number of piperidine rings is 2. The highest BCUT2D eigenvalue weighted by atomic mass is 16.5. The lowest BCUT2D eigenvalue weighted by molar-refractivity contribution is -0.111. The van der Waals surface area contributed by atoms with Crippen LogP contribution in [0.25, 0.3) is 12.2 Å². The fourth-order valence-electron chi connectivity index (χ4n) is 6.47. The largest absolute Gasteiger partial charge is 0.493 e. The highest BCUT2D eigenvalue weighted by Crippen LogP contribution is 2.34. The number of likely N-dealkylation sites (tertiary alicyclic amines) is 2. The first kappa shape index (κ1) is 32.1. The number of methoxy groups -OCH3 is 2. The minimum atomic E-state index is 0.0963. The number of benzene rings is 2. The van der Waals surface area contributed by atoms with Gasteiger partial charge in [-0.1, -0.05) is 25.0 Å². The van der Waals surface area contributed by atoms with Crippen LogP contribution >= 0.6 is 0 Å². The van der Waals surface area contributed by atoms with Crippen LogP contribution in [0, 0.1) is 0 Å². The van der Waals surface area contributed by atoms with Gasteiger partial charge >= 0.3 is 0 Å². The summed E-state index contributed by atoms with van der Waals surface area (Å²) in [5.41, 5.74) is 3.51. The van der Waals surface area contributed by atoms with Crippen LogP contribution in [0.15, 0.2) is 47.5 Å². The number of rotatable bonds is 14. The summed E-state index contributed by atoms with van der Waals surface area (Å²) in [6.45, 7) is 8.30. The molecule has 3 fully saturated rings.